The predicted molar refractivity (Wildman–Crippen MR) is 52.4 cm³/mol. The Bertz CT molecular complexity index is 119. The van der Waals surface area contributed by atoms with Gasteiger partial charge in [0.2, 0.25) is 0 Å². The fourth-order valence-corrected chi connectivity index (χ4v) is 0.433. The van der Waals surface area contributed by atoms with Crippen molar-refractivity contribution in [3.8, 4) is 0 Å². The van der Waals surface area contributed by atoms with E-state index in [1.165, 1.54) is 0 Å². The number of aliphatic hydroxyl groups is 2. The van der Waals surface area contributed by atoms with Crippen molar-refractivity contribution in [3.63, 3.8) is 0 Å². The molecule has 0 unspecified atom stereocenters. The molecule has 2 N–H and O–H groups in total. The number of carbonyl (C=O) groups excluding carboxylic acids is 1. The molecule has 82 valence electrons. The molecule has 0 heterocycles. The first kappa shape index (κ1) is 18.2. The van der Waals surface area contributed by atoms with E-state index in [4.69, 9.17) is 10.2 Å². The molecule has 4 heteroatoms. The van der Waals surface area contributed by atoms with Gasteiger partial charge in [0.15, 0.2) is 0 Å². The Morgan fingerprint density at radius 1 is 1.23 bits per heavy atom. The van der Waals surface area contributed by atoms with E-state index in [0.29, 0.717) is 0 Å². The molecule has 0 saturated heterocycles. The smallest absolute Gasteiger partial charge is 0.308 e. The van der Waals surface area contributed by atoms with Crippen LogP contribution in [0.15, 0.2) is 0 Å². The molecule has 0 aromatic heterocycles. The van der Waals surface area contributed by atoms with Crippen molar-refractivity contribution in [1.29, 1.82) is 0 Å². The fraction of sp³-hybridized carbons (Fsp3) is 0.889. The van der Waals surface area contributed by atoms with Crippen molar-refractivity contribution in [3.05, 3.63) is 0 Å². The van der Waals surface area contributed by atoms with Gasteiger partial charge in [-0.2, -0.15) is 0 Å². The highest BCUT2D eigenvalue weighted by Crippen LogP contribution is 1.99. The summed E-state index contributed by atoms with van der Waals surface area (Å²) in [5.41, 5.74) is 0. The van der Waals surface area contributed by atoms with E-state index in [2.05, 4.69) is 4.74 Å². The normalized spacial score (nSPS) is 9.08. The van der Waals surface area contributed by atoms with E-state index in [1.54, 1.807) is 13.8 Å². The summed E-state index contributed by atoms with van der Waals surface area (Å²) < 4.78 is 4.67. The van der Waals surface area contributed by atoms with Gasteiger partial charge in [0, 0.05) is 0 Å². The largest absolute Gasteiger partial charge is 0.457 e. The number of carbonyl (C=O) groups is 1. The van der Waals surface area contributed by atoms with Crippen molar-refractivity contribution in [2.45, 2.75) is 34.8 Å². The third kappa shape index (κ3) is 7.74. The molecule has 0 aliphatic carbocycles. The Hall–Kier alpha value is -0.610. The molecule has 0 aliphatic rings. The Morgan fingerprint density at radius 3 is 1.85 bits per heavy atom. The Kier molecular flexibility index (Phi) is 13.3. The minimum absolute atomic E-state index is 0. The average molecular weight is 194 g/mol. The maximum atomic E-state index is 10.8. The molecule has 0 fully saturated rings. The van der Waals surface area contributed by atoms with Gasteiger partial charge >= 0.3 is 5.97 Å². The second-order valence-electron chi connectivity index (χ2n) is 2.58. The number of esters is 1. The van der Waals surface area contributed by atoms with E-state index in [9.17, 15) is 4.79 Å². The zero-order chi connectivity index (χ0) is 8.85. The van der Waals surface area contributed by atoms with Crippen molar-refractivity contribution in [1.82, 2.24) is 0 Å². The molecule has 13 heavy (non-hydrogen) atoms. The summed E-state index contributed by atoms with van der Waals surface area (Å²) in [5, 5.41) is 17.0. The van der Waals surface area contributed by atoms with Crippen LogP contribution in [0.5, 0.6) is 0 Å². The molecule has 0 atom stereocenters. The lowest BCUT2D eigenvalue weighted by atomic mass is 10.2. The molecule has 0 bridgehead atoms. The van der Waals surface area contributed by atoms with Gasteiger partial charge in [-0.1, -0.05) is 28.7 Å². The SMILES string of the molecule is C.C.CC(C)C(=O)OC(CO)CO. The minimum atomic E-state index is -0.773. The third-order valence-corrected chi connectivity index (χ3v) is 1.16. The number of rotatable bonds is 4. The highest BCUT2D eigenvalue weighted by Gasteiger charge is 2.14. The number of hydrogen-bond donors (Lipinski definition) is 2. The summed E-state index contributed by atoms with van der Waals surface area (Å²) in [6, 6.07) is 0. The van der Waals surface area contributed by atoms with Crippen molar-refractivity contribution >= 4 is 5.97 Å². The van der Waals surface area contributed by atoms with E-state index < -0.39 is 12.1 Å². The maximum Gasteiger partial charge on any atom is 0.308 e. The van der Waals surface area contributed by atoms with Crippen molar-refractivity contribution < 1.29 is 19.7 Å². The van der Waals surface area contributed by atoms with Gasteiger partial charge in [-0.15, -0.1) is 0 Å². The summed E-state index contributed by atoms with van der Waals surface area (Å²) in [5.74, 6) is -0.631. The second-order valence-corrected chi connectivity index (χ2v) is 2.58. The highest BCUT2D eigenvalue weighted by atomic mass is 16.6. The van der Waals surface area contributed by atoms with Crippen LogP contribution in [0.3, 0.4) is 0 Å². The van der Waals surface area contributed by atoms with Gasteiger partial charge in [-0.3, -0.25) is 4.79 Å². The number of ether oxygens (including phenoxy) is 1. The third-order valence-electron chi connectivity index (χ3n) is 1.16. The molecule has 0 aliphatic heterocycles. The zero-order valence-electron chi connectivity index (χ0n) is 6.78. The van der Waals surface area contributed by atoms with Gasteiger partial charge in [0.05, 0.1) is 19.1 Å². The molecule has 0 saturated carbocycles. The lowest BCUT2D eigenvalue weighted by molar-refractivity contribution is -0.157. The molecule has 0 radical (unpaired) electrons. The van der Waals surface area contributed by atoms with Gasteiger partial charge < -0.3 is 14.9 Å². The summed E-state index contributed by atoms with van der Waals surface area (Å²) >= 11 is 0. The molecule has 0 amide bonds. The fourth-order valence-electron chi connectivity index (χ4n) is 0.433. The quantitative estimate of drug-likeness (QED) is 0.650. The molecule has 0 aromatic rings. The van der Waals surface area contributed by atoms with E-state index in [-0.39, 0.29) is 34.0 Å². The number of hydrogen-bond acceptors (Lipinski definition) is 4. The average Bonchev–Trinajstić information content (AvgIpc) is 1.99. The Morgan fingerprint density at radius 2 is 1.62 bits per heavy atom. The first-order valence-electron chi connectivity index (χ1n) is 3.54. The van der Waals surface area contributed by atoms with Gasteiger partial charge in [-0.25, -0.2) is 0 Å². The minimum Gasteiger partial charge on any atom is -0.457 e. The number of aliphatic hydroxyl groups excluding tert-OH is 2. The van der Waals surface area contributed by atoms with E-state index >= 15 is 0 Å². The topological polar surface area (TPSA) is 66.8 Å². The molecule has 4 nitrogen and oxygen atoms in total. The molecular weight excluding hydrogens is 172 g/mol. The lowest BCUT2D eigenvalue weighted by Gasteiger charge is -2.13. The standard InChI is InChI=1S/C7H14O4.2CH4/c1-5(2)7(10)11-6(3-8)4-9;;/h5-6,8-9H,3-4H2,1-2H3;2*1H4. The predicted octanol–water partition coefficient (Wildman–Crippen LogP) is 0.811. The van der Waals surface area contributed by atoms with Crippen LogP contribution in [0.4, 0.5) is 0 Å². The van der Waals surface area contributed by atoms with Crippen LogP contribution in [0, 0.1) is 5.92 Å². The van der Waals surface area contributed by atoms with Crippen molar-refractivity contribution in [2.75, 3.05) is 13.2 Å². The van der Waals surface area contributed by atoms with Crippen LogP contribution >= 0.6 is 0 Å². The molecule has 0 rings (SSSR count). The first-order valence-corrected chi connectivity index (χ1v) is 3.54. The van der Waals surface area contributed by atoms with Crippen LogP contribution in [-0.4, -0.2) is 35.5 Å². The summed E-state index contributed by atoms with van der Waals surface area (Å²) in [4.78, 5) is 10.8. The Labute approximate surface area is 80.5 Å². The maximum absolute atomic E-state index is 10.8. The van der Waals surface area contributed by atoms with Crippen LogP contribution in [0.2, 0.25) is 0 Å². The van der Waals surface area contributed by atoms with Gasteiger partial charge in [0.25, 0.3) is 0 Å². The van der Waals surface area contributed by atoms with Crippen LogP contribution in [0.1, 0.15) is 28.7 Å². The van der Waals surface area contributed by atoms with Crippen molar-refractivity contribution in [2.24, 2.45) is 5.92 Å². The van der Waals surface area contributed by atoms with Crippen LogP contribution < -0.4 is 0 Å². The lowest BCUT2D eigenvalue weighted by Crippen LogP contribution is -2.27. The molecule has 0 spiro atoms. The first-order chi connectivity index (χ1) is 5.11. The summed E-state index contributed by atoms with van der Waals surface area (Å²) in [6.07, 6.45) is -0.773. The summed E-state index contributed by atoms with van der Waals surface area (Å²) in [7, 11) is 0. The van der Waals surface area contributed by atoms with Crippen LogP contribution in [-0.2, 0) is 9.53 Å². The van der Waals surface area contributed by atoms with Crippen LogP contribution in [0.25, 0.3) is 0 Å². The molecule has 0 aromatic carbocycles. The monoisotopic (exact) mass is 194 g/mol. The van der Waals surface area contributed by atoms with E-state index in [0.717, 1.165) is 0 Å². The van der Waals surface area contributed by atoms with E-state index in [1.807, 2.05) is 0 Å². The second kappa shape index (κ2) is 9.48. The van der Waals surface area contributed by atoms with Gasteiger partial charge in [-0.05, 0) is 0 Å². The van der Waals surface area contributed by atoms with Gasteiger partial charge in [0.1, 0.15) is 6.10 Å². The zero-order valence-corrected chi connectivity index (χ0v) is 6.78. The Balaban J connectivity index is -0.000000500. The highest BCUT2D eigenvalue weighted by molar-refractivity contribution is 5.71. The summed E-state index contributed by atoms with van der Waals surface area (Å²) in [6.45, 7) is 2.70. The molecular formula is C9H22O4.